The Kier molecular flexibility index (Phi) is 5.84. The lowest BCUT2D eigenvalue weighted by atomic mass is 10.1. The van der Waals surface area contributed by atoms with Crippen LogP contribution in [0.15, 0.2) is 91.0 Å². The number of hydrogen-bond acceptors (Lipinski definition) is 2. The highest BCUT2D eigenvalue weighted by molar-refractivity contribution is 6.00. The van der Waals surface area contributed by atoms with Crippen molar-refractivity contribution in [2.45, 2.75) is 12.5 Å². The summed E-state index contributed by atoms with van der Waals surface area (Å²) in [6.07, 6.45) is 0.208. The smallest absolute Gasteiger partial charge is 0.327 e. The summed E-state index contributed by atoms with van der Waals surface area (Å²) in [7, 11) is 0. The molecule has 0 aromatic heterocycles. The van der Waals surface area contributed by atoms with E-state index in [4.69, 9.17) is 0 Å². The number of nitrogens with zero attached hydrogens (tertiary/aromatic N) is 1. The zero-order valence-electron chi connectivity index (χ0n) is 14.7. The topological polar surface area (TPSA) is 69.6 Å². The molecular weight excluding hydrogens is 340 g/mol. The zero-order valence-corrected chi connectivity index (χ0v) is 14.7. The minimum absolute atomic E-state index is 0.208. The molecule has 0 saturated heterocycles. The molecule has 0 aliphatic heterocycles. The molecule has 1 atom stereocenters. The molecule has 1 unspecified atom stereocenters. The Morgan fingerprint density at radius 3 is 1.67 bits per heavy atom. The van der Waals surface area contributed by atoms with Gasteiger partial charge in [-0.05, 0) is 29.8 Å². The van der Waals surface area contributed by atoms with Crippen LogP contribution in [0.3, 0.4) is 0 Å². The van der Waals surface area contributed by atoms with Gasteiger partial charge in [0.25, 0.3) is 0 Å². The van der Waals surface area contributed by atoms with Crippen LogP contribution in [0.1, 0.15) is 5.56 Å². The normalized spacial score (nSPS) is 11.4. The van der Waals surface area contributed by atoms with Crippen LogP contribution >= 0.6 is 0 Å². The van der Waals surface area contributed by atoms with E-state index in [9.17, 15) is 14.7 Å². The summed E-state index contributed by atoms with van der Waals surface area (Å²) in [5.41, 5.74) is 2.16. The second kappa shape index (κ2) is 8.67. The molecule has 5 heteroatoms. The van der Waals surface area contributed by atoms with Crippen LogP contribution < -0.4 is 10.2 Å². The molecule has 2 amide bonds. The molecule has 5 nitrogen and oxygen atoms in total. The Labute approximate surface area is 157 Å². The van der Waals surface area contributed by atoms with Gasteiger partial charge >= 0.3 is 12.0 Å². The number of rotatable bonds is 6. The number of carbonyl (C=O) groups excluding carboxylic acids is 1. The van der Waals surface area contributed by atoms with Crippen molar-refractivity contribution in [1.82, 2.24) is 5.32 Å². The van der Waals surface area contributed by atoms with Crippen molar-refractivity contribution in [2.24, 2.45) is 0 Å². The number of benzene rings is 3. The molecule has 0 spiro atoms. The SMILES string of the molecule is O=C(O)C(Cc1ccccc1)NC(=O)N(c1ccccc1)c1ccccc1. The summed E-state index contributed by atoms with van der Waals surface area (Å²) in [6.45, 7) is 0. The molecular formula is C22H20N2O3. The van der Waals surface area contributed by atoms with Crippen molar-refractivity contribution >= 4 is 23.4 Å². The fourth-order valence-corrected chi connectivity index (χ4v) is 2.80. The standard InChI is InChI=1S/C22H20N2O3/c25-21(26)20(16-17-10-4-1-5-11-17)23-22(27)24(18-12-6-2-7-13-18)19-14-8-3-9-15-19/h1-15,20H,16H2,(H,23,27)(H,25,26). The summed E-state index contributed by atoms with van der Waals surface area (Å²) >= 11 is 0. The molecule has 0 radical (unpaired) electrons. The number of anilines is 2. The number of carbonyl (C=O) groups is 2. The first-order chi connectivity index (χ1) is 13.1. The Morgan fingerprint density at radius 1 is 0.778 bits per heavy atom. The van der Waals surface area contributed by atoms with Crippen LogP contribution in [0.5, 0.6) is 0 Å². The second-order valence-corrected chi connectivity index (χ2v) is 6.04. The molecule has 3 rings (SSSR count). The second-order valence-electron chi connectivity index (χ2n) is 6.04. The first-order valence-corrected chi connectivity index (χ1v) is 8.62. The van der Waals surface area contributed by atoms with E-state index < -0.39 is 18.0 Å². The molecule has 136 valence electrons. The Bertz CT molecular complexity index is 844. The molecule has 0 fully saturated rings. The monoisotopic (exact) mass is 360 g/mol. The van der Waals surface area contributed by atoms with Gasteiger partial charge in [0.2, 0.25) is 0 Å². The van der Waals surface area contributed by atoms with Gasteiger partial charge in [-0.1, -0.05) is 66.7 Å². The Morgan fingerprint density at radius 2 is 1.22 bits per heavy atom. The summed E-state index contributed by atoms with van der Waals surface area (Å²) in [5.74, 6) is -1.08. The van der Waals surface area contributed by atoms with Crippen LogP contribution in [-0.4, -0.2) is 23.1 Å². The summed E-state index contributed by atoms with van der Waals surface area (Å²) in [4.78, 5) is 26.2. The highest BCUT2D eigenvalue weighted by Crippen LogP contribution is 2.25. The lowest BCUT2D eigenvalue weighted by molar-refractivity contribution is -0.139. The zero-order chi connectivity index (χ0) is 19.1. The maximum Gasteiger partial charge on any atom is 0.327 e. The van der Waals surface area contributed by atoms with Gasteiger partial charge in [-0.2, -0.15) is 0 Å². The number of para-hydroxylation sites is 2. The largest absolute Gasteiger partial charge is 0.480 e. The van der Waals surface area contributed by atoms with Crippen LogP contribution in [0.2, 0.25) is 0 Å². The van der Waals surface area contributed by atoms with Crippen molar-refractivity contribution in [2.75, 3.05) is 4.90 Å². The molecule has 2 N–H and O–H groups in total. The number of hydrogen-bond donors (Lipinski definition) is 2. The highest BCUT2D eigenvalue weighted by Gasteiger charge is 2.25. The molecule has 3 aromatic rings. The molecule has 27 heavy (non-hydrogen) atoms. The number of nitrogens with one attached hydrogen (secondary N) is 1. The third-order valence-corrected chi connectivity index (χ3v) is 4.11. The molecule has 0 bridgehead atoms. The van der Waals surface area contributed by atoms with Crippen molar-refractivity contribution in [3.63, 3.8) is 0 Å². The van der Waals surface area contributed by atoms with E-state index in [0.717, 1.165) is 5.56 Å². The van der Waals surface area contributed by atoms with Crippen molar-refractivity contribution in [3.05, 3.63) is 96.6 Å². The first-order valence-electron chi connectivity index (χ1n) is 8.62. The average molecular weight is 360 g/mol. The van der Waals surface area contributed by atoms with Gasteiger partial charge in [0.15, 0.2) is 0 Å². The van der Waals surface area contributed by atoms with Gasteiger partial charge < -0.3 is 10.4 Å². The fraction of sp³-hybridized carbons (Fsp3) is 0.0909. The predicted octanol–water partition coefficient (Wildman–Crippen LogP) is 4.23. The lowest BCUT2D eigenvalue weighted by Crippen LogP contribution is -2.47. The third kappa shape index (κ3) is 4.73. The number of urea groups is 1. The van der Waals surface area contributed by atoms with E-state index in [1.807, 2.05) is 66.7 Å². The van der Waals surface area contributed by atoms with Gasteiger partial charge in [-0.3, -0.25) is 4.90 Å². The number of aliphatic carboxylic acids is 1. The van der Waals surface area contributed by atoms with Crippen LogP contribution in [-0.2, 0) is 11.2 Å². The van der Waals surface area contributed by atoms with Crippen LogP contribution in [0.25, 0.3) is 0 Å². The Hall–Kier alpha value is -3.60. The van der Waals surface area contributed by atoms with E-state index in [-0.39, 0.29) is 6.42 Å². The minimum atomic E-state index is -1.08. The Balaban J connectivity index is 1.86. The molecule has 0 aliphatic carbocycles. The highest BCUT2D eigenvalue weighted by atomic mass is 16.4. The number of amides is 2. The number of carboxylic acids is 1. The third-order valence-electron chi connectivity index (χ3n) is 4.11. The lowest BCUT2D eigenvalue weighted by Gasteiger charge is -2.25. The quantitative estimate of drug-likeness (QED) is 0.691. The summed E-state index contributed by atoms with van der Waals surface area (Å²) in [5, 5.41) is 12.2. The first kappa shape index (κ1) is 18.2. The van der Waals surface area contributed by atoms with E-state index in [1.54, 1.807) is 24.3 Å². The summed E-state index contributed by atoms with van der Waals surface area (Å²) < 4.78 is 0. The van der Waals surface area contributed by atoms with Crippen LogP contribution in [0, 0.1) is 0 Å². The molecule has 0 saturated carbocycles. The van der Waals surface area contributed by atoms with Gasteiger partial charge in [0.1, 0.15) is 6.04 Å². The van der Waals surface area contributed by atoms with Crippen LogP contribution in [0.4, 0.5) is 16.2 Å². The van der Waals surface area contributed by atoms with E-state index >= 15 is 0 Å². The van der Waals surface area contributed by atoms with Crippen molar-refractivity contribution < 1.29 is 14.7 Å². The van der Waals surface area contributed by atoms with Crippen molar-refractivity contribution in [3.8, 4) is 0 Å². The van der Waals surface area contributed by atoms with Gasteiger partial charge in [0, 0.05) is 6.42 Å². The molecule has 0 aliphatic rings. The maximum atomic E-state index is 13.0. The predicted molar refractivity (Wildman–Crippen MR) is 105 cm³/mol. The molecule has 3 aromatic carbocycles. The summed E-state index contributed by atoms with van der Waals surface area (Å²) in [6, 6.07) is 26.0. The van der Waals surface area contributed by atoms with E-state index in [1.165, 1.54) is 4.90 Å². The van der Waals surface area contributed by atoms with E-state index in [2.05, 4.69) is 5.32 Å². The molecule has 0 heterocycles. The fourth-order valence-electron chi connectivity index (χ4n) is 2.80. The van der Waals surface area contributed by atoms with Gasteiger partial charge in [-0.25, -0.2) is 9.59 Å². The minimum Gasteiger partial charge on any atom is -0.480 e. The number of carboxylic acid groups (broad SMARTS) is 1. The average Bonchev–Trinajstić information content (AvgIpc) is 2.70. The van der Waals surface area contributed by atoms with Crippen molar-refractivity contribution in [1.29, 1.82) is 0 Å². The maximum absolute atomic E-state index is 13.0. The van der Waals surface area contributed by atoms with Gasteiger partial charge in [0.05, 0.1) is 11.4 Å². The van der Waals surface area contributed by atoms with Gasteiger partial charge in [-0.15, -0.1) is 0 Å². The van der Waals surface area contributed by atoms with E-state index in [0.29, 0.717) is 11.4 Å².